The van der Waals surface area contributed by atoms with Gasteiger partial charge >= 0.3 is 0 Å². The molecule has 0 aromatic heterocycles. The van der Waals surface area contributed by atoms with Gasteiger partial charge < -0.3 is 9.80 Å². The van der Waals surface area contributed by atoms with Crippen LogP contribution >= 0.6 is 0 Å². The van der Waals surface area contributed by atoms with Crippen molar-refractivity contribution in [3.63, 3.8) is 0 Å². The molecule has 3 rings (SSSR count). The molecule has 0 saturated carbocycles. The van der Waals surface area contributed by atoms with Gasteiger partial charge in [0, 0.05) is 19.1 Å². The standard InChI is InChI=1S/C18H25FN2O/c1-14-6-10-20(11-7-14)15-8-12-21(13-9-15)18(22)16-4-2-3-5-17(16)19/h2-5,14-15H,6-13H2,1H3. The van der Waals surface area contributed by atoms with Crippen molar-refractivity contribution in [3.05, 3.63) is 35.6 Å². The predicted octanol–water partition coefficient (Wildman–Crippen LogP) is 3.16. The van der Waals surface area contributed by atoms with E-state index in [1.165, 1.54) is 32.0 Å². The maximum absolute atomic E-state index is 13.7. The Kier molecular flexibility index (Phi) is 4.77. The molecular weight excluding hydrogens is 279 g/mol. The normalized spacial score (nSPS) is 22.0. The molecule has 2 aliphatic heterocycles. The fraction of sp³-hybridized carbons (Fsp3) is 0.611. The van der Waals surface area contributed by atoms with Crippen molar-refractivity contribution >= 4 is 5.91 Å². The van der Waals surface area contributed by atoms with Gasteiger partial charge in [-0.05, 0) is 56.8 Å². The van der Waals surface area contributed by atoms with Gasteiger partial charge in [0.15, 0.2) is 0 Å². The molecule has 2 heterocycles. The van der Waals surface area contributed by atoms with Crippen molar-refractivity contribution in [3.8, 4) is 0 Å². The second-order valence-corrected chi connectivity index (χ2v) is 6.72. The third kappa shape index (κ3) is 3.32. The lowest BCUT2D eigenvalue weighted by molar-refractivity contribution is 0.0556. The summed E-state index contributed by atoms with van der Waals surface area (Å²) in [6, 6.07) is 6.87. The summed E-state index contributed by atoms with van der Waals surface area (Å²) in [4.78, 5) is 16.8. The number of hydrogen-bond acceptors (Lipinski definition) is 2. The van der Waals surface area contributed by atoms with Crippen LogP contribution in [0.4, 0.5) is 4.39 Å². The number of carbonyl (C=O) groups excluding carboxylic acids is 1. The van der Waals surface area contributed by atoms with Gasteiger partial charge in [0.05, 0.1) is 5.56 Å². The van der Waals surface area contributed by atoms with Gasteiger partial charge in [0.2, 0.25) is 0 Å². The lowest BCUT2D eigenvalue weighted by Crippen LogP contribution is -2.49. The van der Waals surface area contributed by atoms with Gasteiger partial charge in [-0.3, -0.25) is 4.79 Å². The first-order valence-corrected chi connectivity index (χ1v) is 8.43. The van der Waals surface area contributed by atoms with Crippen LogP contribution in [0.3, 0.4) is 0 Å². The third-order valence-electron chi connectivity index (χ3n) is 5.19. The van der Waals surface area contributed by atoms with Crippen molar-refractivity contribution in [2.45, 2.75) is 38.6 Å². The third-order valence-corrected chi connectivity index (χ3v) is 5.19. The molecule has 0 N–H and O–H groups in total. The van der Waals surface area contributed by atoms with Crippen LogP contribution in [-0.4, -0.2) is 47.9 Å². The summed E-state index contributed by atoms with van der Waals surface area (Å²) in [5.74, 6) is 0.266. The molecule has 1 aromatic carbocycles. The zero-order chi connectivity index (χ0) is 15.5. The average Bonchev–Trinajstić information content (AvgIpc) is 2.56. The van der Waals surface area contributed by atoms with Gasteiger partial charge in [0.1, 0.15) is 5.82 Å². The van der Waals surface area contributed by atoms with E-state index in [-0.39, 0.29) is 11.5 Å². The molecule has 1 amide bonds. The van der Waals surface area contributed by atoms with Crippen LogP contribution in [0.1, 0.15) is 43.0 Å². The van der Waals surface area contributed by atoms with Gasteiger partial charge in [-0.2, -0.15) is 0 Å². The first kappa shape index (κ1) is 15.5. The molecule has 0 radical (unpaired) electrons. The van der Waals surface area contributed by atoms with Crippen LogP contribution in [0.25, 0.3) is 0 Å². The first-order chi connectivity index (χ1) is 10.6. The van der Waals surface area contributed by atoms with Crippen LogP contribution in [0.2, 0.25) is 0 Å². The molecule has 4 heteroatoms. The van der Waals surface area contributed by atoms with Crippen LogP contribution in [0.5, 0.6) is 0 Å². The molecule has 0 bridgehead atoms. The highest BCUT2D eigenvalue weighted by Gasteiger charge is 2.29. The number of rotatable bonds is 2. The highest BCUT2D eigenvalue weighted by Crippen LogP contribution is 2.24. The zero-order valence-corrected chi connectivity index (χ0v) is 13.3. The lowest BCUT2D eigenvalue weighted by Gasteiger charge is -2.41. The van der Waals surface area contributed by atoms with Crippen molar-refractivity contribution in [1.82, 2.24) is 9.80 Å². The molecule has 0 spiro atoms. The molecule has 1 aromatic rings. The molecule has 0 unspecified atom stereocenters. The number of piperidine rings is 2. The summed E-state index contributed by atoms with van der Waals surface area (Å²) >= 11 is 0. The Morgan fingerprint density at radius 3 is 2.32 bits per heavy atom. The summed E-state index contributed by atoms with van der Waals surface area (Å²) in [6.07, 6.45) is 4.59. The number of hydrogen-bond donors (Lipinski definition) is 0. The molecule has 2 aliphatic rings. The number of benzene rings is 1. The highest BCUT2D eigenvalue weighted by atomic mass is 19.1. The smallest absolute Gasteiger partial charge is 0.256 e. The number of nitrogens with zero attached hydrogens (tertiary/aromatic N) is 2. The fourth-order valence-electron chi connectivity index (χ4n) is 3.63. The van der Waals surface area contributed by atoms with E-state index in [0.29, 0.717) is 6.04 Å². The number of halogens is 1. The van der Waals surface area contributed by atoms with Crippen LogP contribution in [-0.2, 0) is 0 Å². The van der Waals surface area contributed by atoms with Gasteiger partial charge in [-0.1, -0.05) is 19.1 Å². The van der Waals surface area contributed by atoms with E-state index in [1.807, 2.05) is 4.90 Å². The summed E-state index contributed by atoms with van der Waals surface area (Å²) in [6.45, 7) is 6.18. The summed E-state index contributed by atoms with van der Waals surface area (Å²) in [5, 5.41) is 0. The summed E-state index contributed by atoms with van der Waals surface area (Å²) in [5.41, 5.74) is 0.202. The fourth-order valence-corrected chi connectivity index (χ4v) is 3.63. The number of likely N-dealkylation sites (tertiary alicyclic amines) is 2. The van der Waals surface area contributed by atoms with Crippen LogP contribution < -0.4 is 0 Å². The molecule has 120 valence electrons. The minimum atomic E-state index is -0.417. The molecule has 0 aliphatic carbocycles. The Labute approximate surface area is 132 Å². The monoisotopic (exact) mass is 304 g/mol. The Morgan fingerprint density at radius 2 is 1.68 bits per heavy atom. The molecular formula is C18H25FN2O. The maximum atomic E-state index is 13.7. The molecule has 2 fully saturated rings. The Hall–Kier alpha value is -1.42. The van der Waals surface area contributed by atoms with E-state index >= 15 is 0 Å². The van der Waals surface area contributed by atoms with E-state index in [2.05, 4.69) is 11.8 Å². The second kappa shape index (κ2) is 6.78. The molecule has 2 saturated heterocycles. The van der Waals surface area contributed by atoms with E-state index < -0.39 is 5.82 Å². The van der Waals surface area contributed by atoms with Crippen molar-refractivity contribution < 1.29 is 9.18 Å². The van der Waals surface area contributed by atoms with Crippen LogP contribution in [0, 0.1) is 11.7 Å². The molecule has 3 nitrogen and oxygen atoms in total. The van der Waals surface area contributed by atoms with Crippen molar-refractivity contribution in [2.75, 3.05) is 26.2 Å². The second-order valence-electron chi connectivity index (χ2n) is 6.72. The largest absolute Gasteiger partial charge is 0.338 e. The van der Waals surface area contributed by atoms with E-state index in [4.69, 9.17) is 0 Å². The highest BCUT2D eigenvalue weighted by molar-refractivity contribution is 5.94. The minimum Gasteiger partial charge on any atom is -0.338 e. The SMILES string of the molecule is CC1CCN(C2CCN(C(=O)c3ccccc3F)CC2)CC1. The van der Waals surface area contributed by atoms with Crippen molar-refractivity contribution in [2.24, 2.45) is 5.92 Å². The summed E-state index contributed by atoms with van der Waals surface area (Å²) in [7, 11) is 0. The quantitative estimate of drug-likeness (QED) is 0.838. The minimum absolute atomic E-state index is 0.163. The zero-order valence-electron chi connectivity index (χ0n) is 13.3. The number of carbonyl (C=O) groups is 1. The van der Waals surface area contributed by atoms with Gasteiger partial charge in [-0.15, -0.1) is 0 Å². The van der Waals surface area contributed by atoms with Gasteiger partial charge in [0.25, 0.3) is 5.91 Å². The van der Waals surface area contributed by atoms with Crippen molar-refractivity contribution in [1.29, 1.82) is 0 Å². The topological polar surface area (TPSA) is 23.6 Å². The van der Waals surface area contributed by atoms with E-state index in [0.717, 1.165) is 31.8 Å². The maximum Gasteiger partial charge on any atom is 0.256 e. The molecule has 22 heavy (non-hydrogen) atoms. The number of amides is 1. The predicted molar refractivity (Wildman–Crippen MR) is 85.3 cm³/mol. The first-order valence-electron chi connectivity index (χ1n) is 8.43. The Morgan fingerprint density at radius 1 is 1.05 bits per heavy atom. The van der Waals surface area contributed by atoms with E-state index in [1.54, 1.807) is 18.2 Å². The van der Waals surface area contributed by atoms with Gasteiger partial charge in [-0.25, -0.2) is 4.39 Å². The van der Waals surface area contributed by atoms with E-state index in [9.17, 15) is 9.18 Å². The average molecular weight is 304 g/mol. The Balaban J connectivity index is 1.55. The lowest BCUT2D eigenvalue weighted by atomic mass is 9.94. The van der Waals surface area contributed by atoms with Crippen LogP contribution in [0.15, 0.2) is 24.3 Å². The molecule has 0 atom stereocenters. The summed E-state index contributed by atoms with van der Waals surface area (Å²) < 4.78 is 13.7. The Bertz CT molecular complexity index is 518.